The molecular weight excluding hydrogens is 103 g/mol. The Morgan fingerprint density at radius 1 is 2.00 bits per heavy atom. The minimum atomic E-state index is -0.734. The van der Waals surface area contributed by atoms with Crippen molar-refractivity contribution >= 4 is 0 Å². The Morgan fingerprint density at radius 3 is 2.86 bits per heavy atom. The molecule has 4 nitrogen and oxygen atoms in total. The molecule has 0 aromatic carbocycles. The lowest BCUT2D eigenvalue weighted by molar-refractivity contribution is -0.897. The Bertz CT molecular complexity index is 201. The average Bonchev–Trinajstić information content (AvgIpc) is 1.87. The van der Waals surface area contributed by atoms with E-state index < -0.39 is 5.63 Å². The topological polar surface area (TPSA) is 49.9 Å². The van der Waals surface area contributed by atoms with Crippen molar-refractivity contribution in [1.29, 1.82) is 0 Å². The van der Waals surface area contributed by atoms with Gasteiger partial charge in [0.2, 0.25) is 0 Å². The summed E-state index contributed by atoms with van der Waals surface area (Å²) < 4.78 is 15.4. The van der Waals surface area contributed by atoms with Crippen LogP contribution in [0.25, 0.3) is 0 Å². The Kier molecular flexibility index (Phi) is 0.680. The highest BCUT2D eigenvalue weighted by atomic mass is 19.2. The predicted molar refractivity (Wildman–Crippen MR) is 16.0 cm³/mol. The zero-order valence-electron chi connectivity index (χ0n) is 3.22. The van der Waals surface area contributed by atoms with Crippen LogP contribution in [0.3, 0.4) is 0 Å². The first kappa shape index (κ1) is 4.04. The first-order valence-electron chi connectivity index (χ1n) is 1.55. The van der Waals surface area contributed by atoms with E-state index in [-0.39, 0.29) is 4.90 Å². The summed E-state index contributed by atoms with van der Waals surface area (Å²) in [7, 11) is 0. The van der Waals surface area contributed by atoms with Crippen molar-refractivity contribution < 1.29 is 13.9 Å². The van der Waals surface area contributed by atoms with Gasteiger partial charge in [-0.2, -0.15) is 0 Å². The van der Waals surface area contributed by atoms with E-state index in [1.165, 1.54) is 0 Å². The minimum Gasteiger partial charge on any atom is -0.280 e. The third-order valence-corrected chi connectivity index (χ3v) is 0.452. The maximum Gasteiger partial charge on any atom is 0.431 e. The zero-order chi connectivity index (χ0) is 5.28. The lowest BCUT2D eigenvalue weighted by Crippen LogP contribution is -2.22. The van der Waals surface area contributed by atoms with E-state index in [1.807, 2.05) is 0 Å². The quantitative estimate of drug-likeness (QED) is 0.459. The summed E-state index contributed by atoms with van der Waals surface area (Å²) in [6, 6.07) is 0. The number of aromatic amines is 1. The average molecular weight is 105 g/mol. The fraction of sp³-hybridized carbons (Fsp3) is 0. The second-order valence-corrected chi connectivity index (χ2v) is 0.953. The molecule has 0 fully saturated rings. The summed E-state index contributed by atoms with van der Waals surface area (Å²) in [5, 5.41) is 1.63. The Hall–Kier alpha value is -1.13. The van der Waals surface area contributed by atoms with Crippen LogP contribution in [0.15, 0.2) is 15.5 Å². The lowest BCUT2D eigenvalue weighted by atomic mass is 11.0. The van der Waals surface area contributed by atoms with Crippen molar-refractivity contribution in [1.82, 2.24) is 5.27 Å². The van der Waals surface area contributed by atoms with Gasteiger partial charge in [-0.05, 0) is 0 Å². The molecule has 1 heterocycles. The van der Waals surface area contributed by atoms with E-state index in [2.05, 4.69) is 4.52 Å². The second kappa shape index (κ2) is 1.18. The minimum absolute atomic E-state index is 0.0671. The summed E-state index contributed by atoms with van der Waals surface area (Å²) in [6.45, 7) is 0. The van der Waals surface area contributed by atoms with Crippen molar-refractivity contribution in [2.75, 3.05) is 0 Å². The molecule has 0 bridgehead atoms. The van der Waals surface area contributed by atoms with Gasteiger partial charge in [-0.25, -0.2) is 4.79 Å². The monoisotopic (exact) mass is 105 g/mol. The van der Waals surface area contributed by atoms with Crippen LogP contribution in [0.2, 0.25) is 0 Å². The smallest absolute Gasteiger partial charge is 0.280 e. The van der Waals surface area contributed by atoms with Gasteiger partial charge in [-0.1, -0.05) is 0 Å². The lowest BCUT2D eigenvalue weighted by Gasteiger charge is -1.51. The van der Waals surface area contributed by atoms with Gasteiger partial charge < -0.3 is 0 Å². The van der Waals surface area contributed by atoms with Crippen LogP contribution >= 0.6 is 0 Å². The standard InChI is InChI=1S/C2HFN2O2/c3-5-1-2(6)7-4-5/h1H/p+1. The number of halogens is 1. The molecule has 0 spiro atoms. The van der Waals surface area contributed by atoms with Crippen molar-refractivity contribution in [3.63, 3.8) is 0 Å². The molecule has 0 saturated carbocycles. The highest BCUT2D eigenvalue weighted by molar-refractivity contribution is 4.47. The molecule has 1 aromatic heterocycles. The van der Waals surface area contributed by atoms with Crippen LogP contribution in [0.1, 0.15) is 0 Å². The van der Waals surface area contributed by atoms with Crippen molar-refractivity contribution in [3.05, 3.63) is 16.6 Å². The highest BCUT2D eigenvalue weighted by Crippen LogP contribution is 1.52. The third-order valence-electron chi connectivity index (χ3n) is 0.452. The summed E-state index contributed by atoms with van der Waals surface area (Å²) in [5.74, 6) is 0. The third kappa shape index (κ3) is 0.648. The molecule has 0 radical (unpaired) electrons. The van der Waals surface area contributed by atoms with Gasteiger partial charge in [0.15, 0.2) is 0 Å². The van der Waals surface area contributed by atoms with Crippen LogP contribution in [0.4, 0.5) is 4.48 Å². The molecular formula is C2H2FN2O2+. The maximum atomic E-state index is 11.5. The summed E-state index contributed by atoms with van der Waals surface area (Å²) in [4.78, 5) is 9.76. The number of hydrogen-bond acceptors (Lipinski definition) is 2. The summed E-state index contributed by atoms with van der Waals surface area (Å²) in [5.41, 5.74) is -0.734. The molecule has 0 unspecified atom stereocenters. The van der Waals surface area contributed by atoms with Gasteiger partial charge in [0.05, 0.1) is 0 Å². The van der Waals surface area contributed by atoms with Crippen LogP contribution < -0.4 is 10.5 Å². The number of nitrogens with zero attached hydrogens (tertiary/aromatic N) is 1. The van der Waals surface area contributed by atoms with Gasteiger partial charge in [-0.3, -0.25) is 4.52 Å². The molecule has 0 aliphatic heterocycles. The Balaban J connectivity index is 3.30. The Labute approximate surface area is 37.1 Å². The van der Waals surface area contributed by atoms with Gasteiger partial charge in [0.1, 0.15) is 9.39 Å². The first-order chi connectivity index (χ1) is 3.29. The van der Waals surface area contributed by atoms with Crippen LogP contribution in [-0.4, -0.2) is 5.27 Å². The Morgan fingerprint density at radius 2 is 2.71 bits per heavy atom. The van der Waals surface area contributed by atoms with Gasteiger partial charge in [0.25, 0.3) is 0 Å². The number of hydrogen-bond donors (Lipinski definition) is 1. The van der Waals surface area contributed by atoms with Crippen molar-refractivity contribution in [2.45, 2.75) is 0 Å². The normalized spacial score (nSPS) is 9.29. The molecule has 38 valence electrons. The number of aromatic nitrogens is 2. The summed E-state index contributed by atoms with van der Waals surface area (Å²) >= 11 is 0. The molecule has 0 aliphatic rings. The van der Waals surface area contributed by atoms with Crippen molar-refractivity contribution in [3.8, 4) is 0 Å². The largest absolute Gasteiger partial charge is 0.431 e. The number of H-pyrrole nitrogens is 1. The number of rotatable bonds is 0. The zero-order valence-corrected chi connectivity index (χ0v) is 3.22. The van der Waals surface area contributed by atoms with E-state index in [9.17, 15) is 9.28 Å². The van der Waals surface area contributed by atoms with Gasteiger partial charge >= 0.3 is 11.8 Å². The van der Waals surface area contributed by atoms with E-state index >= 15 is 0 Å². The van der Waals surface area contributed by atoms with E-state index in [0.29, 0.717) is 6.20 Å². The van der Waals surface area contributed by atoms with Gasteiger partial charge in [-0.15, -0.1) is 0 Å². The van der Waals surface area contributed by atoms with E-state index in [1.54, 1.807) is 5.27 Å². The van der Waals surface area contributed by atoms with Gasteiger partial charge in [0, 0.05) is 5.27 Å². The molecule has 0 saturated heterocycles. The first-order valence-corrected chi connectivity index (χ1v) is 1.55. The van der Waals surface area contributed by atoms with E-state index in [4.69, 9.17) is 0 Å². The summed E-state index contributed by atoms with van der Waals surface area (Å²) in [6.07, 6.45) is 0.639. The molecule has 0 amide bonds. The fourth-order valence-electron chi connectivity index (χ4n) is 0.234. The van der Waals surface area contributed by atoms with Crippen LogP contribution in [0.5, 0.6) is 0 Å². The molecule has 7 heavy (non-hydrogen) atoms. The number of nitrogens with one attached hydrogen (secondary N) is 1. The van der Waals surface area contributed by atoms with Crippen LogP contribution in [0, 0.1) is 0 Å². The molecule has 1 rings (SSSR count). The molecule has 0 aliphatic carbocycles. The van der Waals surface area contributed by atoms with E-state index in [0.717, 1.165) is 0 Å². The highest BCUT2D eigenvalue weighted by Gasteiger charge is 2.00. The molecule has 5 heteroatoms. The predicted octanol–water partition coefficient (Wildman–Crippen LogP) is -1.01. The molecule has 1 aromatic rings. The SMILES string of the molecule is O=c1c[n+](F)[nH]o1. The second-order valence-electron chi connectivity index (χ2n) is 0.953. The van der Waals surface area contributed by atoms with Crippen LogP contribution in [-0.2, 0) is 0 Å². The molecule has 1 N–H and O–H groups in total. The maximum absolute atomic E-state index is 11.5. The fourth-order valence-corrected chi connectivity index (χ4v) is 0.234. The van der Waals surface area contributed by atoms with Crippen molar-refractivity contribution in [2.24, 2.45) is 0 Å². The molecule has 0 atom stereocenters.